The molecular formula is C20H19FN4O2S2. The molecular weight excluding hydrogens is 411 g/mol. The van der Waals surface area contributed by atoms with Crippen molar-refractivity contribution >= 4 is 40.0 Å². The zero-order valence-corrected chi connectivity index (χ0v) is 17.2. The van der Waals surface area contributed by atoms with Gasteiger partial charge in [0, 0.05) is 12.7 Å². The van der Waals surface area contributed by atoms with Crippen LogP contribution in [0.15, 0.2) is 58.9 Å². The standard InChI is InChI=1S/C20H19FN4O2S2/c1-13(26)22-17(15-5-3-2-4-6-15)11-18(27)23-19-24-25-20(29-19)28-12-14-7-9-16(21)10-8-14/h2-10,17H,11-12H2,1H3,(H,22,26)(H,23,24,27)/t17-/m0/s1. The number of carbonyl (C=O) groups is 2. The maximum Gasteiger partial charge on any atom is 0.228 e. The first-order chi connectivity index (χ1) is 14.0. The largest absolute Gasteiger partial charge is 0.349 e. The summed E-state index contributed by atoms with van der Waals surface area (Å²) in [6, 6.07) is 15.2. The molecule has 0 unspecified atom stereocenters. The second kappa shape index (κ2) is 10.1. The van der Waals surface area contributed by atoms with Gasteiger partial charge in [0.1, 0.15) is 5.82 Å². The number of aromatic nitrogens is 2. The summed E-state index contributed by atoms with van der Waals surface area (Å²) in [5, 5.41) is 14.0. The van der Waals surface area contributed by atoms with Crippen LogP contribution in [-0.2, 0) is 15.3 Å². The van der Waals surface area contributed by atoms with Crippen molar-refractivity contribution in [2.75, 3.05) is 5.32 Å². The summed E-state index contributed by atoms with van der Waals surface area (Å²) in [6.07, 6.45) is 0.0846. The minimum absolute atomic E-state index is 0.0846. The van der Waals surface area contributed by atoms with E-state index in [0.717, 1.165) is 11.1 Å². The molecule has 0 aliphatic rings. The molecule has 0 saturated heterocycles. The molecule has 3 rings (SSSR count). The van der Waals surface area contributed by atoms with Crippen molar-refractivity contribution in [3.63, 3.8) is 0 Å². The Kier molecular flexibility index (Phi) is 7.31. The molecule has 1 aromatic heterocycles. The number of halogens is 1. The lowest BCUT2D eigenvalue weighted by Crippen LogP contribution is -2.29. The maximum atomic E-state index is 13.0. The molecule has 0 aliphatic heterocycles. The number of anilines is 1. The van der Waals surface area contributed by atoms with E-state index in [0.29, 0.717) is 15.2 Å². The van der Waals surface area contributed by atoms with E-state index in [2.05, 4.69) is 20.8 Å². The summed E-state index contributed by atoms with van der Waals surface area (Å²) < 4.78 is 13.7. The maximum absolute atomic E-state index is 13.0. The van der Waals surface area contributed by atoms with Gasteiger partial charge < -0.3 is 10.6 Å². The summed E-state index contributed by atoms with van der Waals surface area (Å²) in [4.78, 5) is 23.9. The average molecular weight is 431 g/mol. The first-order valence-corrected chi connectivity index (χ1v) is 10.6. The molecule has 6 nitrogen and oxygen atoms in total. The predicted octanol–water partition coefficient (Wildman–Crippen LogP) is 4.18. The summed E-state index contributed by atoms with van der Waals surface area (Å²) >= 11 is 2.73. The number of hydrogen-bond acceptors (Lipinski definition) is 6. The van der Waals surface area contributed by atoms with Crippen molar-refractivity contribution in [2.24, 2.45) is 0 Å². The predicted molar refractivity (Wildman–Crippen MR) is 112 cm³/mol. The highest BCUT2D eigenvalue weighted by Crippen LogP contribution is 2.28. The summed E-state index contributed by atoms with van der Waals surface area (Å²) in [7, 11) is 0. The molecule has 9 heteroatoms. The van der Waals surface area contributed by atoms with E-state index in [9.17, 15) is 14.0 Å². The fraction of sp³-hybridized carbons (Fsp3) is 0.200. The van der Waals surface area contributed by atoms with Crippen molar-refractivity contribution in [3.8, 4) is 0 Å². The fourth-order valence-corrected chi connectivity index (χ4v) is 4.31. The van der Waals surface area contributed by atoms with Crippen LogP contribution >= 0.6 is 23.1 Å². The van der Waals surface area contributed by atoms with Gasteiger partial charge in [-0.05, 0) is 23.3 Å². The topological polar surface area (TPSA) is 84.0 Å². The van der Waals surface area contributed by atoms with E-state index < -0.39 is 6.04 Å². The number of carbonyl (C=O) groups excluding carboxylic acids is 2. The molecule has 2 amide bonds. The zero-order valence-electron chi connectivity index (χ0n) is 15.6. The van der Waals surface area contributed by atoms with E-state index in [4.69, 9.17) is 0 Å². The molecule has 150 valence electrons. The van der Waals surface area contributed by atoms with Crippen molar-refractivity contribution < 1.29 is 14.0 Å². The van der Waals surface area contributed by atoms with E-state index in [1.54, 1.807) is 12.1 Å². The van der Waals surface area contributed by atoms with Gasteiger partial charge >= 0.3 is 0 Å². The molecule has 29 heavy (non-hydrogen) atoms. The molecule has 0 radical (unpaired) electrons. The van der Waals surface area contributed by atoms with E-state index in [1.165, 1.54) is 42.2 Å². The molecule has 0 bridgehead atoms. The first-order valence-electron chi connectivity index (χ1n) is 8.82. The third-order valence-electron chi connectivity index (χ3n) is 3.90. The van der Waals surface area contributed by atoms with Gasteiger partial charge in [-0.15, -0.1) is 10.2 Å². The number of hydrogen-bond donors (Lipinski definition) is 2. The van der Waals surface area contributed by atoms with Gasteiger partial charge in [0.25, 0.3) is 0 Å². The fourth-order valence-electron chi connectivity index (χ4n) is 2.58. The van der Waals surface area contributed by atoms with Crippen molar-refractivity contribution in [2.45, 2.75) is 29.5 Å². The Bertz CT molecular complexity index is 964. The Balaban J connectivity index is 1.55. The van der Waals surface area contributed by atoms with Crippen LogP contribution in [0, 0.1) is 5.82 Å². The van der Waals surface area contributed by atoms with E-state index in [-0.39, 0.29) is 24.1 Å². The molecule has 2 N–H and O–H groups in total. The third kappa shape index (κ3) is 6.65. The van der Waals surface area contributed by atoms with E-state index in [1.807, 2.05) is 30.3 Å². The monoisotopic (exact) mass is 430 g/mol. The Morgan fingerprint density at radius 1 is 1.10 bits per heavy atom. The molecule has 0 spiro atoms. The molecule has 0 saturated carbocycles. The molecule has 1 atom stereocenters. The van der Waals surface area contributed by atoms with Crippen molar-refractivity contribution in [1.82, 2.24) is 15.5 Å². The Hall–Kier alpha value is -2.78. The number of nitrogens with zero attached hydrogens (tertiary/aromatic N) is 2. The second-order valence-electron chi connectivity index (χ2n) is 6.20. The first kappa shape index (κ1) is 20.9. The lowest BCUT2D eigenvalue weighted by Gasteiger charge is -2.17. The number of benzene rings is 2. The third-order valence-corrected chi connectivity index (χ3v) is 5.94. The Morgan fingerprint density at radius 2 is 1.83 bits per heavy atom. The van der Waals surface area contributed by atoms with E-state index >= 15 is 0 Å². The van der Waals surface area contributed by atoms with Gasteiger partial charge in [-0.1, -0.05) is 65.6 Å². The molecule has 2 aromatic carbocycles. The highest BCUT2D eigenvalue weighted by atomic mass is 32.2. The lowest BCUT2D eigenvalue weighted by molar-refractivity contribution is -0.120. The Morgan fingerprint density at radius 3 is 2.52 bits per heavy atom. The molecule has 3 aromatic rings. The van der Waals surface area contributed by atoms with Gasteiger partial charge in [-0.25, -0.2) is 4.39 Å². The van der Waals surface area contributed by atoms with Crippen LogP contribution in [0.3, 0.4) is 0 Å². The second-order valence-corrected chi connectivity index (χ2v) is 8.40. The molecule has 0 aliphatic carbocycles. The Labute approximate surface area is 175 Å². The van der Waals surface area contributed by atoms with Crippen LogP contribution in [0.4, 0.5) is 9.52 Å². The van der Waals surface area contributed by atoms with Crippen LogP contribution in [0.2, 0.25) is 0 Å². The summed E-state index contributed by atoms with van der Waals surface area (Å²) in [5.74, 6) is -0.116. The number of nitrogens with one attached hydrogen (secondary N) is 2. The van der Waals surface area contributed by atoms with Gasteiger partial charge in [0.15, 0.2) is 4.34 Å². The quantitative estimate of drug-likeness (QED) is 0.414. The van der Waals surface area contributed by atoms with Crippen LogP contribution in [-0.4, -0.2) is 22.0 Å². The average Bonchev–Trinajstić information content (AvgIpc) is 3.14. The SMILES string of the molecule is CC(=O)N[C@@H](CC(=O)Nc1nnc(SCc2ccc(F)cc2)s1)c1ccccc1. The van der Waals surface area contributed by atoms with Gasteiger partial charge in [0.2, 0.25) is 16.9 Å². The van der Waals surface area contributed by atoms with Crippen LogP contribution in [0.5, 0.6) is 0 Å². The normalized spacial score (nSPS) is 11.7. The number of rotatable bonds is 8. The summed E-state index contributed by atoms with van der Waals surface area (Å²) in [6.45, 7) is 1.42. The van der Waals surface area contributed by atoms with Crippen LogP contribution in [0.1, 0.15) is 30.5 Å². The zero-order chi connectivity index (χ0) is 20.6. The highest BCUT2D eigenvalue weighted by Gasteiger charge is 2.18. The minimum Gasteiger partial charge on any atom is -0.349 e. The molecule has 1 heterocycles. The van der Waals surface area contributed by atoms with Crippen LogP contribution < -0.4 is 10.6 Å². The number of amides is 2. The van der Waals surface area contributed by atoms with Crippen LogP contribution in [0.25, 0.3) is 0 Å². The number of thioether (sulfide) groups is 1. The van der Waals surface area contributed by atoms with Gasteiger partial charge in [-0.2, -0.15) is 0 Å². The smallest absolute Gasteiger partial charge is 0.228 e. The molecule has 0 fully saturated rings. The van der Waals surface area contributed by atoms with Gasteiger partial charge in [-0.3, -0.25) is 9.59 Å². The van der Waals surface area contributed by atoms with Gasteiger partial charge in [0.05, 0.1) is 12.5 Å². The minimum atomic E-state index is -0.422. The highest BCUT2D eigenvalue weighted by molar-refractivity contribution is 8.00. The van der Waals surface area contributed by atoms with Crippen molar-refractivity contribution in [1.29, 1.82) is 0 Å². The van der Waals surface area contributed by atoms with Crippen molar-refractivity contribution in [3.05, 3.63) is 71.5 Å². The lowest BCUT2D eigenvalue weighted by atomic mass is 10.0. The summed E-state index contributed by atoms with van der Waals surface area (Å²) in [5.41, 5.74) is 1.82.